The van der Waals surface area contributed by atoms with E-state index >= 15 is 0 Å². The summed E-state index contributed by atoms with van der Waals surface area (Å²) in [4.78, 5) is 14.7. The van der Waals surface area contributed by atoms with Crippen LogP contribution in [0.15, 0.2) is 18.2 Å². The molecule has 26 heavy (non-hydrogen) atoms. The maximum Gasteiger partial charge on any atom is 0.246 e. The summed E-state index contributed by atoms with van der Waals surface area (Å²) in [5.74, 6) is 1.34. The Kier molecular flexibility index (Phi) is 5.32. The van der Waals surface area contributed by atoms with Gasteiger partial charge in [-0.25, -0.2) is 8.42 Å². The Morgan fingerprint density at radius 1 is 1.27 bits per heavy atom. The van der Waals surface area contributed by atoms with Gasteiger partial charge in [-0.05, 0) is 37.8 Å². The Morgan fingerprint density at radius 3 is 2.62 bits per heavy atom. The van der Waals surface area contributed by atoms with Gasteiger partial charge in [0.15, 0.2) is 11.5 Å². The molecule has 0 saturated carbocycles. The van der Waals surface area contributed by atoms with E-state index in [4.69, 9.17) is 9.47 Å². The number of sulfonamides is 1. The molecule has 1 fully saturated rings. The van der Waals surface area contributed by atoms with E-state index in [1.807, 2.05) is 0 Å². The Hall–Kier alpha value is -1.96. The average Bonchev–Trinajstić information content (AvgIpc) is 2.60. The molecule has 2 unspecified atom stereocenters. The minimum absolute atomic E-state index is 0.170. The van der Waals surface area contributed by atoms with Gasteiger partial charge in [-0.15, -0.1) is 0 Å². The molecule has 8 heteroatoms. The SMILES string of the molecule is CC1CCCN(C(=O)C(C)N(c2ccc3c(c2)OCCO3)S(C)(=O)=O)C1. The van der Waals surface area contributed by atoms with Crippen LogP contribution < -0.4 is 13.8 Å². The predicted molar refractivity (Wildman–Crippen MR) is 99.2 cm³/mol. The molecule has 0 bridgehead atoms. The maximum absolute atomic E-state index is 13.0. The zero-order valence-corrected chi connectivity index (χ0v) is 16.3. The first-order chi connectivity index (χ1) is 12.3. The molecule has 0 radical (unpaired) electrons. The smallest absolute Gasteiger partial charge is 0.246 e. The monoisotopic (exact) mass is 382 g/mol. The number of ether oxygens (including phenoxy) is 2. The van der Waals surface area contributed by atoms with Gasteiger partial charge in [-0.2, -0.15) is 0 Å². The first-order valence-corrected chi connectivity index (χ1v) is 10.8. The summed E-state index contributed by atoms with van der Waals surface area (Å²) in [6.07, 6.45) is 3.16. The standard InChI is InChI=1S/C18H26N2O5S/c1-13-5-4-8-19(12-13)18(21)14(2)20(26(3,22)23)15-6-7-16-17(11-15)25-10-9-24-16/h6-7,11,13-14H,4-5,8-10,12H2,1-3H3. The molecule has 7 nitrogen and oxygen atoms in total. The van der Waals surface area contributed by atoms with Gasteiger partial charge in [0.1, 0.15) is 19.3 Å². The molecule has 3 rings (SSSR count). The number of carbonyl (C=O) groups is 1. The molecule has 0 aliphatic carbocycles. The fourth-order valence-corrected chi connectivity index (χ4v) is 4.79. The number of carbonyl (C=O) groups excluding carboxylic acids is 1. The highest BCUT2D eigenvalue weighted by molar-refractivity contribution is 7.92. The van der Waals surface area contributed by atoms with Crippen molar-refractivity contribution in [3.63, 3.8) is 0 Å². The van der Waals surface area contributed by atoms with Gasteiger partial charge in [0, 0.05) is 19.2 Å². The molecule has 2 atom stereocenters. The lowest BCUT2D eigenvalue weighted by Gasteiger charge is -2.36. The number of nitrogens with zero attached hydrogens (tertiary/aromatic N) is 2. The average molecular weight is 382 g/mol. The molecule has 1 saturated heterocycles. The van der Waals surface area contributed by atoms with Crippen molar-refractivity contribution < 1.29 is 22.7 Å². The van der Waals surface area contributed by atoms with Gasteiger partial charge in [0.2, 0.25) is 15.9 Å². The Bertz CT molecular complexity index is 780. The third-order valence-electron chi connectivity index (χ3n) is 4.82. The van der Waals surface area contributed by atoms with E-state index in [1.54, 1.807) is 30.0 Å². The summed E-state index contributed by atoms with van der Waals surface area (Å²) in [5.41, 5.74) is 0.405. The lowest BCUT2D eigenvalue weighted by molar-refractivity contribution is -0.133. The first kappa shape index (κ1) is 18.8. The predicted octanol–water partition coefficient (Wildman–Crippen LogP) is 1.87. The highest BCUT2D eigenvalue weighted by Crippen LogP contribution is 2.35. The van der Waals surface area contributed by atoms with E-state index in [0.717, 1.165) is 19.1 Å². The molecule has 0 N–H and O–H groups in total. The van der Waals surface area contributed by atoms with E-state index < -0.39 is 16.1 Å². The quantitative estimate of drug-likeness (QED) is 0.795. The van der Waals surface area contributed by atoms with Crippen molar-refractivity contribution in [2.45, 2.75) is 32.7 Å². The second-order valence-electron chi connectivity index (χ2n) is 7.09. The normalized spacial score (nSPS) is 21.2. The van der Waals surface area contributed by atoms with Gasteiger partial charge >= 0.3 is 0 Å². The molecule has 144 valence electrons. The number of benzene rings is 1. The van der Waals surface area contributed by atoms with Crippen molar-refractivity contribution in [2.24, 2.45) is 5.92 Å². The Balaban J connectivity index is 1.90. The Labute approximate surface area is 154 Å². The minimum Gasteiger partial charge on any atom is -0.486 e. The van der Waals surface area contributed by atoms with Crippen molar-refractivity contribution in [1.29, 1.82) is 0 Å². The van der Waals surface area contributed by atoms with Crippen LogP contribution in [0, 0.1) is 5.92 Å². The van der Waals surface area contributed by atoms with Crippen LogP contribution in [0.4, 0.5) is 5.69 Å². The summed E-state index contributed by atoms with van der Waals surface area (Å²) < 4.78 is 37.2. The molecule has 0 spiro atoms. The first-order valence-electron chi connectivity index (χ1n) is 8.95. The number of piperidine rings is 1. The molecule has 2 heterocycles. The lowest BCUT2D eigenvalue weighted by Crippen LogP contribution is -2.51. The number of amides is 1. The summed E-state index contributed by atoms with van der Waals surface area (Å²) in [7, 11) is -3.65. The van der Waals surface area contributed by atoms with Crippen LogP contribution >= 0.6 is 0 Å². The third kappa shape index (κ3) is 3.90. The van der Waals surface area contributed by atoms with Gasteiger partial charge in [-0.3, -0.25) is 9.10 Å². The van der Waals surface area contributed by atoms with E-state index in [9.17, 15) is 13.2 Å². The second-order valence-corrected chi connectivity index (χ2v) is 8.95. The number of hydrogen-bond donors (Lipinski definition) is 0. The summed E-state index contributed by atoms with van der Waals surface area (Å²) in [6.45, 7) is 5.96. The molecule has 0 aromatic heterocycles. The molecule has 1 aromatic carbocycles. The van der Waals surface area contributed by atoms with Crippen molar-refractivity contribution in [2.75, 3.05) is 36.9 Å². The van der Waals surface area contributed by atoms with Crippen molar-refractivity contribution in [3.05, 3.63) is 18.2 Å². The van der Waals surface area contributed by atoms with Gasteiger partial charge in [0.05, 0.1) is 11.9 Å². The van der Waals surface area contributed by atoms with Crippen molar-refractivity contribution in [3.8, 4) is 11.5 Å². The second kappa shape index (κ2) is 7.34. The summed E-state index contributed by atoms with van der Waals surface area (Å²) >= 11 is 0. The number of likely N-dealkylation sites (tertiary alicyclic amines) is 1. The van der Waals surface area contributed by atoms with Gasteiger partial charge < -0.3 is 14.4 Å². The van der Waals surface area contributed by atoms with E-state index in [-0.39, 0.29) is 5.91 Å². The fourth-order valence-electron chi connectivity index (χ4n) is 3.63. The van der Waals surface area contributed by atoms with Crippen molar-refractivity contribution in [1.82, 2.24) is 4.90 Å². The van der Waals surface area contributed by atoms with Crippen LogP contribution in [0.3, 0.4) is 0 Å². The lowest BCUT2D eigenvalue weighted by atomic mass is 10.00. The van der Waals surface area contributed by atoms with Gasteiger partial charge in [-0.1, -0.05) is 6.92 Å². The van der Waals surface area contributed by atoms with Crippen LogP contribution in [0.25, 0.3) is 0 Å². The van der Waals surface area contributed by atoms with E-state index in [0.29, 0.717) is 49.4 Å². The maximum atomic E-state index is 13.0. The number of fused-ring (bicyclic) bond motifs is 1. The highest BCUT2D eigenvalue weighted by atomic mass is 32.2. The zero-order valence-electron chi connectivity index (χ0n) is 15.5. The number of hydrogen-bond acceptors (Lipinski definition) is 5. The Morgan fingerprint density at radius 2 is 1.96 bits per heavy atom. The van der Waals surface area contributed by atoms with Crippen LogP contribution in [0.2, 0.25) is 0 Å². The van der Waals surface area contributed by atoms with Crippen LogP contribution in [0.1, 0.15) is 26.7 Å². The minimum atomic E-state index is -3.65. The molecule has 1 amide bonds. The molecule has 2 aliphatic heterocycles. The van der Waals surface area contributed by atoms with Gasteiger partial charge in [0.25, 0.3) is 0 Å². The highest BCUT2D eigenvalue weighted by Gasteiger charge is 2.34. The number of anilines is 1. The van der Waals surface area contributed by atoms with E-state index in [2.05, 4.69) is 6.92 Å². The zero-order chi connectivity index (χ0) is 18.9. The largest absolute Gasteiger partial charge is 0.486 e. The third-order valence-corrected chi connectivity index (χ3v) is 6.06. The topological polar surface area (TPSA) is 76.2 Å². The molecule has 2 aliphatic rings. The van der Waals surface area contributed by atoms with Crippen LogP contribution in [-0.4, -0.2) is 57.8 Å². The van der Waals surface area contributed by atoms with Crippen molar-refractivity contribution >= 4 is 21.6 Å². The molecule has 1 aromatic rings. The molecular weight excluding hydrogens is 356 g/mol. The fraction of sp³-hybridized carbons (Fsp3) is 0.611. The summed E-state index contributed by atoms with van der Waals surface area (Å²) in [5, 5.41) is 0. The summed E-state index contributed by atoms with van der Waals surface area (Å²) in [6, 6.07) is 4.13. The van der Waals surface area contributed by atoms with Crippen LogP contribution in [0.5, 0.6) is 11.5 Å². The number of rotatable bonds is 4. The molecular formula is C18H26N2O5S. The van der Waals surface area contributed by atoms with Crippen LogP contribution in [-0.2, 0) is 14.8 Å². The van der Waals surface area contributed by atoms with E-state index in [1.165, 1.54) is 4.31 Å².